The number of nitrogens with zero attached hydrogens (tertiary/aromatic N) is 3. The van der Waals surface area contributed by atoms with Gasteiger partial charge in [-0.2, -0.15) is 0 Å². The van der Waals surface area contributed by atoms with E-state index in [1.54, 1.807) is 6.92 Å². The van der Waals surface area contributed by atoms with Gasteiger partial charge in [-0.3, -0.25) is 10.1 Å². The van der Waals surface area contributed by atoms with Gasteiger partial charge < -0.3 is 8.94 Å². The standard InChI is InChI=1S/C15H14N4O3/c1-8-4-5-11(9(2)6-8)14-17-18-15(21-14)16-13(20)12-7-10(3)19-22-12/h4-7H,1-3H3,(H,16,18,20). The Balaban J connectivity index is 1.80. The van der Waals surface area contributed by atoms with Gasteiger partial charge >= 0.3 is 6.01 Å². The van der Waals surface area contributed by atoms with Gasteiger partial charge in [0.2, 0.25) is 11.7 Å². The lowest BCUT2D eigenvalue weighted by molar-refractivity contribution is 0.0985. The highest BCUT2D eigenvalue weighted by molar-refractivity contribution is 6.00. The number of rotatable bonds is 3. The molecule has 0 aliphatic heterocycles. The Bertz CT molecular complexity index is 835. The average Bonchev–Trinajstić information content (AvgIpc) is 3.08. The fourth-order valence-electron chi connectivity index (χ4n) is 2.07. The molecule has 0 bridgehead atoms. The summed E-state index contributed by atoms with van der Waals surface area (Å²) in [6.07, 6.45) is 0. The van der Waals surface area contributed by atoms with Crippen LogP contribution in [0.1, 0.15) is 27.4 Å². The minimum absolute atomic E-state index is 0.00836. The Hall–Kier alpha value is -2.96. The lowest BCUT2D eigenvalue weighted by Crippen LogP contribution is -2.11. The van der Waals surface area contributed by atoms with Gasteiger partial charge in [-0.05, 0) is 32.4 Å². The molecule has 3 aromatic rings. The number of benzene rings is 1. The minimum Gasteiger partial charge on any atom is -0.403 e. The number of nitrogens with one attached hydrogen (secondary N) is 1. The first-order valence-corrected chi connectivity index (χ1v) is 6.69. The second-order valence-corrected chi connectivity index (χ2v) is 5.02. The van der Waals surface area contributed by atoms with Crippen molar-refractivity contribution < 1.29 is 13.7 Å². The maximum Gasteiger partial charge on any atom is 0.322 e. The van der Waals surface area contributed by atoms with Crippen molar-refractivity contribution in [2.45, 2.75) is 20.8 Å². The van der Waals surface area contributed by atoms with E-state index < -0.39 is 5.91 Å². The maximum atomic E-state index is 11.9. The number of amides is 1. The fourth-order valence-corrected chi connectivity index (χ4v) is 2.07. The summed E-state index contributed by atoms with van der Waals surface area (Å²) < 4.78 is 10.3. The molecule has 0 unspecified atom stereocenters. The molecule has 2 heterocycles. The molecule has 0 aliphatic carbocycles. The number of hydrogen-bond donors (Lipinski definition) is 1. The Morgan fingerprint density at radius 2 is 1.95 bits per heavy atom. The molecule has 0 fully saturated rings. The van der Waals surface area contributed by atoms with E-state index in [9.17, 15) is 4.79 Å². The van der Waals surface area contributed by atoms with Crippen LogP contribution in [0.25, 0.3) is 11.5 Å². The smallest absolute Gasteiger partial charge is 0.322 e. The molecule has 1 amide bonds. The SMILES string of the molecule is Cc1ccc(-c2nnc(NC(=O)c3cc(C)no3)o2)c(C)c1. The number of anilines is 1. The molecular weight excluding hydrogens is 284 g/mol. The third-order valence-electron chi connectivity index (χ3n) is 3.11. The van der Waals surface area contributed by atoms with Crippen molar-refractivity contribution in [2.75, 3.05) is 5.32 Å². The van der Waals surface area contributed by atoms with Crippen molar-refractivity contribution in [1.82, 2.24) is 15.4 Å². The second kappa shape index (κ2) is 5.44. The molecule has 22 heavy (non-hydrogen) atoms. The van der Waals surface area contributed by atoms with E-state index in [1.807, 2.05) is 32.0 Å². The van der Waals surface area contributed by atoms with Gasteiger partial charge in [-0.15, -0.1) is 5.10 Å². The van der Waals surface area contributed by atoms with Crippen molar-refractivity contribution in [1.29, 1.82) is 0 Å². The topological polar surface area (TPSA) is 94.1 Å². The lowest BCUT2D eigenvalue weighted by atomic mass is 10.1. The van der Waals surface area contributed by atoms with Crippen LogP contribution in [-0.2, 0) is 0 Å². The molecule has 7 nitrogen and oxygen atoms in total. The third-order valence-corrected chi connectivity index (χ3v) is 3.11. The van der Waals surface area contributed by atoms with Crippen LogP contribution in [0, 0.1) is 20.8 Å². The first kappa shape index (κ1) is 14.0. The zero-order valence-electron chi connectivity index (χ0n) is 12.4. The van der Waals surface area contributed by atoms with Crippen LogP contribution in [0.4, 0.5) is 6.01 Å². The molecule has 1 N–H and O–H groups in total. The summed E-state index contributed by atoms with van der Waals surface area (Å²) in [5.74, 6) is -0.0539. The molecule has 0 aliphatic rings. The van der Waals surface area contributed by atoms with Crippen molar-refractivity contribution in [3.63, 3.8) is 0 Å². The van der Waals surface area contributed by atoms with Gasteiger partial charge in [0.15, 0.2) is 0 Å². The number of carbonyl (C=O) groups is 1. The lowest BCUT2D eigenvalue weighted by Gasteiger charge is -2.01. The van der Waals surface area contributed by atoms with Crippen molar-refractivity contribution in [3.05, 3.63) is 46.8 Å². The molecule has 0 saturated heterocycles. The number of aromatic nitrogens is 3. The van der Waals surface area contributed by atoms with Crippen molar-refractivity contribution in [2.24, 2.45) is 0 Å². The fraction of sp³-hybridized carbons (Fsp3) is 0.200. The van der Waals surface area contributed by atoms with Gasteiger partial charge in [0, 0.05) is 11.6 Å². The highest BCUT2D eigenvalue weighted by atomic mass is 16.5. The molecule has 0 radical (unpaired) electrons. The molecule has 7 heteroatoms. The molecule has 0 spiro atoms. The molecule has 0 saturated carbocycles. The second-order valence-electron chi connectivity index (χ2n) is 5.02. The zero-order chi connectivity index (χ0) is 15.7. The van der Waals surface area contributed by atoms with Gasteiger partial charge in [-0.25, -0.2) is 0 Å². The predicted octanol–water partition coefficient (Wildman–Crippen LogP) is 2.90. The van der Waals surface area contributed by atoms with Gasteiger partial charge in [0.05, 0.1) is 5.69 Å². The van der Waals surface area contributed by atoms with Crippen LogP contribution in [0.2, 0.25) is 0 Å². The molecule has 112 valence electrons. The van der Waals surface area contributed by atoms with Crippen molar-refractivity contribution in [3.8, 4) is 11.5 Å². The maximum absolute atomic E-state index is 11.9. The summed E-state index contributed by atoms with van der Waals surface area (Å²) in [4.78, 5) is 11.9. The van der Waals surface area contributed by atoms with Crippen LogP contribution in [0.5, 0.6) is 0 Å². The highest BCUT2D eigenvalue weighted by Crippen LogP contribution is 2.24. The summed E-state index contributed by atoms with van der Waals surface area (Å²) in [7, 11) is 0. The zero-order valence-corrected chi connectivity index (χ0v) is 12.4. The van der Waals surface area contributed by atoms with E-state index in [0.29, 0.717) is 11.6 Å². The van der Waals surface area contributed by atoms with Crippen LogP contribution in [-0.4, -0.2) is 21.3 Å². The third kappa shape index (κ3) is 2.73. The number of hydrogen-bond acceptors (Lipinski definition) is 6. The average molecular weight is 298 g/mol. The van der Waals surface area contributed by atoms with E-state index in [1.165, 1.54) is 6.07 Å². The Morgan fingerprint density at radius 3 is 2.64 bits per heavy atom. The molecule has 3 rings (SSSR count). The van der Waals surface area contributed by atoms with Gasteiger partial charge in [-0.1, -0.05) is 28.0 Å². The first-order chi connectivity index (χ1) is 10.5. The van der Waals surface area contributed by atoms with Crippen LogP contribution in [0.3, 0.4) is 0 Å². The molecule has 0 atom stereocenters. The largest absolute Gasteiger partial charge is 0.403 e. The Labute approximate surface area is 126 Å². The van der Waals surface area contributed by atoms with Crippen LogP contribution in [0.15, 0.2) is 33.2 Å². The number of aryl methyl sites for hydroxylation is 3. The van der Waals surface area contributed by atoms with Crippen LogP contribution < -0.4 is 5.32 Å². The van der Waals surface area contributed by atoms with Gasteiger partial charge in [0.25, 0.3) is 5.91 Å². The Kier molecular flexibility index (Phi) is 3.46. The van der Waals surface area contributed by atoms with E-state index in [2.05, 4.69) is 20.7 Å². The van der Waals surface area contributed by atoms with Crippen molar-refractivity contribution >= 4 is 11.9 Å². The summed E-state index contributed by atoms with van der Waals surface area (Å²) >= 11 is 0. The first-order valence-electron chi connectivity index (χ1n) is 6.69. The summed E-state index contributed by atoms with van der Waals surface area (Å²) in [6.45, 7) is 5.70. The van der Waals surface area contributed by atoms with E-state index in [-0.39, 0.29) is 11.8 Å². The molecular formula is C15H14N4O3. The normalized spacial score (nSPS) is 10.7. The van der Waals surface area contributed by atoms with Crippen LogP contribution >= 0.6 is 0 Å². The summed E-state index contributed by atoms with van der Waals surface area (Å²) in [5.41, 5.74) is 3.61. The molecule has 1 aromatic carbocycles. The predicted molar refractivity (Wildman–Crippen MR) is 78.4 cm³/mol. The summed E-state index contributed by atoms with van der Waals surface area (Å²) in [6, 6.07) is 7.42. The number of carbonyl (C=O) groups excluding carboxylic acids is 1. The quantitative estimate of drug-likeness (QED) is 0.799. The van der Waals surface area contributed by atoms with Gasteiger partial charge in [0.1, 0.15) is 0 Å². The van der Waals surface area contributed by atoms with E-state index in [4.69, 9.17) is 8.94 Å². The highest BCUT2D eigenvalue weighted by Gasteiger charge is 2.16. The summed E-state index contributed by atoms with van der Waals surface area (Å²) in [5, 5.41) is 13.9. The van der Waals surface area contributed by atoms with E-state index >= 15 is 0 Å². The Morgan fingerprint density at radius 1 is 1.14 bits per heavy atom. The minimum atomic E-state index is -0.489. The monoisotopic (exact) mass is 298 g/mol. The molecule has 2 aromatic heterocycles. The van der Waals surface area contributed by atoms with E-state index in [0.717, 1.165) is 16.7 Å².